The maximum atomic E-state index is 12.4. The van der Waals surface area contributed by atoms with Crippen LogP contribution in [0.25, 0.3) is 5.52 Å². The van der Waals surface area contributed by atoms with Crippen LogP contribution in [0.2, 0.25) is 0 Å². The van der Waals surface area contributed by atoms with E-state index in [1.165, 1.54) is 6.20 Å². The summed E-state index contributed by atoms with van der Waals surface area (Å²) in [7, 11) is -3.47. The first kappa shape index (κ1) is 15.3. The van der Waals surface area contributed by atoms with Crippen LogP contribution in [0.1, 0.15) is 32.4 Å². The monoisotopic (exact) mass is 315 g/mol. The van der Waals surface area contributed by atoms with Gasteiger partial charge in [-0.25, -0.2) is 17.9 Å². The van der Waals surface area contributed by atoms with Gasteiger partial charge in [0.2, 0.25) is 0 Å². The molecule has 0 N–H and O–H groups in total. The molecule has 0 aliphatic heterocycles. The molecule has 7 heteroatoms. The molecular weight excluding hydrogens is 298 g/mol. The summed E-state index contributed by atoms with van der Waals surface area (Å²) in [6, 6.07) is 1.79. The molecule has 0 saturated carbocycles. The smallest absolute Gasteiger partial charge is 0.198 e. The van der Waals surface area contributed by atoms with Gasteiger partial charge in [0.25, 0.3) is 0 Å². The van der Waals surface area contributed by atoms with E-state index in [0.717, 1.165) is 5.69 Å². The molecule has 0 aliphatic rings. The molecule has 0 fully saturated rings. The normalized spacial score (nSPS) is 14.1. The molecule has 20 heavy (non-hydrogen) atoms. The Balaban J connectivity index is 2.54. The Morgan fingerprint density at radius 2 is 2.05 bits per heavy atom. The number of hydrogen-bond donors (Lipinski definition) is 0. The van der Waals surface area contributed by atoms with Crippen molar-refractivity contribution in [3.63, 3.8) is 0 Å². The van der Waals surface area contributed by atoms with Gasteiger partial charge in [-0.1, -0.05) is 20.8 Å². The fourth-order valence-electron chi connectivity index (χ4n) is 1.94. The predicted molar refractivity (Wildman–Crippen MR) is 79.0 cm³/mol. The van der Waals surface area contributed by atoms with Crippen molar-refractivity contribution in [2.45, 2.75) is 31.7 Å². The number of aromatic nitrogens is 3. The number of rotatable bonds is 5. The van der Waals surface area contributed by atoms with Crippen LogP contribution in [0.3, 0.4) is 0 Å². The summed E-state index contributed by atoms with van der Waals surface area (Å²) < 4.78 is 26.4. The Labute approximate surface area is 123 Å². The molecule has 2 rings (SSSR count). The van der Waals surface area contributed by atoms with Gasteiger partial charge in [-0.05, 0) is 17.9 Å². The van der Waals surface area contributed by atoms with Crippen LogP contribution in [-0.2, 0) is 9.84 Å². The average molecular weight is 316 g/mol. The van der Waals surface area contributed by atoms with Crippen LogP contribution in [0.15, 0.2) is 23.5 Å². The zero-order valence-electron chi connectivity index (χ0n) is 11.7. The largest absolute Gasteiger partial charge is 0.241 e. The number of alkyl halides is 1. The van der Waals surface area contributed by atoms with Gasteiger partial charge < -0.3 is 0 Å². The minimum Gasteiger partial charge on any atom is -0.241 e. The van der Waals surface area contributed by atoms with Gasteiger partial charge in [0.05, 0.1) is 11.4 Å². The van der Waals surface area contributed by atoms with Crippen molar-refractivity contribution in [1.82, 2.24) is 14.6 Å². The van der Waals surface area contributed by atoms with E-state index < -0.39 is 9.84 Å². The molecule has 0 spiro atoms. The van der Waals surface area contributed by atoms with Gasteiger partial charge in [0.1, 0.15) is 5.52 Å². The van der Waals surface area contributed by atoms with Crippen LogP contribution < -0.4 is 0 Å². The second-order valence-electron chi connectivity index (χ2n) is 5.33. The molecule has 0 aromatic carbocycles. The Bertz CT molecular complexity index is 709. The predicted octanol–water partition coefficient (Wildman–Crippen LogP) is 2.50. The van der Waals surface area contributed by atoms with E-state index in [-0.39, 0.29) is 22.6 Å². The lowest BCUT2D eigenvalue weighted by atomic mass is 10.1. The summed E-state index contributed by atoms with van der Waals surface area (Å²) >= 11 is 5.71. The third kappa shape index (κ3) is 2.96. The van der Waals surface area contributed by atoms with E-state index in [9.17, 15) is 8.42 Å². The lowest BCUT2D eigenvalue weighted by Gasteiger charge is -2.08. The molecule has 2 aromatic heterocycles. The van der Waals surface area contributed by atoms with Gasteiger partial charge in [0, 0.05) is 18.3 Å². The number of halogens is 1. The van der Waals surface area contributed by atoms with Crippen LogP contribution in [0, 0.1) is 5.92 Å². The van der Waals surface area contributed by atoms with Gasteiger partial charge >= 0.3 is 0 Å². The van der Waals surface area contributed by atoms with Crippen LogP contribution in [0.4, 0.5) is 0 Å². The van der Waals surface area contributed by atoms with Gasteiger partial charge in [-0.15, -0.1) is 11.6 Å². The summed E-state index contributed by atoms with van der Waals surface area (Å²) in [6.07, 6.45) is 3.12. The maximum Gasteiger partial charge on any atom is 0.198 e. The van der Waals surface area contributed by atoms with E-state index in [1.54, 1.807) is 23.7 Å². The second-order valence-corrected chi connectivity index (χ2v) is 7.59. The molecule has 0 radical (unpaired) electrons. The van der Waals surface area contributed by atoms with E-state index in [1.807, 2.05) is 13.8 Å². The molecule has 0 bridgehead atoms. The highest BCUT2D eigenvalue weighted by Crippen LogP contribution is 2.22. The fraction of sp³-hybridized carbons (Fsp3) is 0.538. The molecule has 1 unspecified atom stereocenters. The van der Waals surface area contributed by atoms with Crippen molar-refractivity contribution < 1.29 is 8.42 Å². The lowest BCUT2D eigenvalue weighted by molar-refractivity contribution is 0.580. The van der Waals surface area contributed by atoms with E-state index in [2.05, 4.69) is 10.1 Å². The molecule has 5 nitrogen and oxygen atoms in total. The summed E-state index contributed by atoms with van der Waals surface area (Å²) in [4.78, 5) is 4.05. The van der Waals surface area contributed by atoms with Crippen LogP contribution in [0.5, 0.6) is 0 Å². The van der Waals surface area contributed by atoms with Crippen LogP contribution in [-0.4, -0.2) is 34.6 Å². The number of sulfone groups is 1. The summed E-state index contributed by atoms with van der Waals surface area (Å²) in [6.45, 7) is 5.83. The molecule has 0 saturated heterocycles. The van der Waals surface area contributed by atoms with E-state index >= 15 is 0 Å². The topological polar surface area (TPSA) is 64.3 Å². The highest BCUT2D eigenvalue weighted by molar-refractivity contribution is 7.91. The molecule has 1 atom stereocenters. The SMILES string of the molecule is CC(CCl)CS(=O)(=O)c1nccn2nc(C(C)C)cc12. The summed E-state index contributed by atoms with van der Waals surface area (Å²) in [5, 5.41) is 4.45. The first-order chi connectivity index (χ1) is 9.35. The number of hydrogen-bond acceptors (Lipinski definition) is 4. The highest BCUT2D eigenvalue weighted by Gasteiger charge is 2.23. The molecule has 2 heterocycles. The molecule has 0 aliphatic carbocycles. The van der Waals surface area contributed by atoms with Gasteiger partial charge in [-0.3, -0.25) is 0 Å². The standard InChI is InChI=1S/C13H18ClN3O2S/c1-9(2)11-6-12-13(15-4-5-17(12)16-11)20(18,19)8-10(3)7-14/h4-6,9-10H,7-8H2,1-3H3. The van der Waals surface area contributed by atoms with Gasteiger partial charge in [0.15, 0.2) is 14.9 Å². The minimum atomic E-state index is -3.47. The fourth-order valence-corrected chi connectivity index (χ4v) is 3.89. The molecule has 110 valence electrons. The number of fused-ring (bicyclic) bond motifs is 1. The molecular formula is C13H18ClN3O2S. The zero-order chi connectivity index (χ0) is 14.9. The Morgan fingerprint density at radius 3 is 2.65 bits per heavy atom. The third-order valence-electron chi connectivity index (χ3n) is 3.03. The quantitative estimate of drug-likeness (QED) is 0.795. The first-order valence-electron chi connectivity index (χ1n) is 6.48. The van der Waals surface area contributed by atoms with Gasteiger partial charge in [-0.2, -0.15) is 5.10 Å². The third-order valence-corrected chi connectivity index (χ3v) is 5.47. The van der Waals surface area contributed by atoms with E-state index in [0.29, 0.717) is 11.4 Å². The van der Waals surface area contributed by atoms with Crippen molar-refractivity contribution in [3.8, 4) is 0 Å². The van der Waals surface area contributed by atoms with Crippen molar-refractivity contribution >= 4 is 27.0 Å². The maximum absolute atomic E-state index is 12.4. The molecule has 2 aromatic rings. The summed E-state index contributed by atoms with van der Waals surface area (Å²) in [5.74, 6) is 0.410. The summed E-state index contributed by atoms with van der Waals surface area (Å²) in [5.41, 5.74) is 1.37. The Hall–Kier alpha value is -1.14. The Kier molecular flexibility index (Phi) is 4.34. The number of nitrogens with zero attached hydrogens (tertiary/aromatic N) is 3. The minimum absolute atomic E-state index is 0.00857. The Morgan fingerprint density at radius 1 is 1.35 bits per heavy atom. The lowest BCUT2D eigenvalue weighted by Crippen LogP contribution is -2.17. The average Bonchev–Trinajstić information content (AvgIpc) is 2.81. The molecule has 0 amide bonds. The second kappa shape index (κ2) is 5.69. The van der Waals surface area contributed by atoms with Crippen molar-refractivity contribution in [1.29, 1.82) is 0 Å². The van der Waals surface area contributed by atoms with Crippen molar-refractivity contribution in [2.75, 3.05) is 11.6 Å². The van der Waals surface area contributed by atoms with Crippen molar-refractivity contribution in [3.05, 3.63) is 24.2 Å². The zero-order valence-corrected chi connectivity index (χ0v) is 13.3. The van der Waals surface area contributed by atoms with E-state index in [4.69, 9.17) is 11.6 Å². The first-order valence-corrected chi connectivity index (χ1v) is 8.67. The van der Waals surface area contributed by atoms with Crippen LogP contribution >= 0.6 is 11.6 Å². The van der Waals surface area contributed by atoms with Crippen molar-refractivity contribution in [2.24, 2.45) is 5.92 Å². The highest BCUT2D eigenvalue weighted by atomic mass is 35.5.